The molecule has 0 saturated carbocycles. The quantitative estimate of drug-likeness (QED) is 0.717. The zero-order chi connectivity index (χ0) is 19.1. The first-order valence-corrected chi connectivity index (χ1v) is 8.97. The summed E-state index contributed by atoms with van der Waals surface area (Å²) in [5.74, 6) is -0.649. The van der Waals surface area contributed by atoms with E-state index in [1.807, 2.05) is 44.2 Å². The highest BCUT2D eigenvalue weighted by atomic mass is 35.5. The van der Waals surface area contributed by atoms with Crippen LogP contribution in [0.15, 0.2) is 30.3 Å². The summed E-state index contributed by atoms with van der Waals surface area (Å²) in [6.07, 6.45) is 0.716. The first-order valence-electron chi connectivity index (χ1n) is 8.59. The highest BCUT2D eigenvalue weighted by Gasteiger charge is 2.22. The van der Waals surface area contributed by atoms with Crippen molar-refractivity contribution in [3.8, 4) is 0 Å². The summed E-state index contributed by atoms with van der Waals surface area (Å²) in [7, 11) is 0. The highest BCUT2D eigenvalue weighted by Crippen LogP contribution is 2.21. The Bertz CT molecular complexity index is 757. The van der Waals surface area contributed by atoms with Crippen molar-refractivity contribution < 1.29 is 14.3 Å². The van der Waals surface area contributed by atoms with Gasteiger partial charge in [0.2, 0.25) is 0 Å². The Morgan fingerprint density at radius 3 is 2.62 bits per heavy atom. The van der Waals surface area contributed by atoms with E-state index in [4.69, 9.17) is 16.3 Å². The molecule has 1 amide bonds. The molecule has 0 fully saturated rings. The van der Waals surface area contributed by atoms with Crippen LogP contribution in [0.25, 0.3) is 0 Å². The molecule has 26 heavy (non-hydrogen) atoms. The number of rotatable bonds is 8. The molecule has 0 unspecified atom stereocenters. The maximum absolute atomic E-state index is 12.2. The largest absolute Gasteiger partial charge is 0.452 e. The van der Waals surface area contributed by atoms with Crippen molar-refractivity contribution in [2.45, 2.75) is 33.7 Å². The minimum absolute atomic E-state index is 0.212. The van der Waals surface area contributed by atoms with E-state index in [1.165, 1.54) is 0 Å². The number of nitrogens with zero attached hydrogens (tertiary/aromatic N) is 2. The smallest absolute Gasteiger partial charge is 0.343 e. The van der Waals surface area contributed by atoms with Crippen molar-refractivity contribution in [2.75, 3.05) is 13.2 Å². The van der Waals surface area contributed by atoms with E-state index in [2.05, 4.69) is 10.4 Å². The Balaban J connectivity index is 1.82. The van der Waals surface area contributed by atoms with Crippen LogP contribution in [0.3, 0.4) is 0 Å². The molecule has 0 aliphatic carbocycles. The standard InChI is InChI=1S/C19H24ClN3O3/c1-13(2)11-23-18(20)17(14(3)22-23)19(25)26-12-16(24)21-10-9-15-7-5-4-6-8-15/h4-8,13H,9-12H2,1-3H3,(H,21,24). The van der Waals surface area contributed by atoms with E-state index in [0.717, 1.165) is 5.56 Å². The van der Waals surface area contributed by atoms with E-state index < -0.39 is 5.97 Å². The lowest BCUT2D eigenvalue weighted by Gasteiger charge is -2.07. The summed E-state index contributed by atoms with van der Waals surface area (Å²) >= 11 is 6.23. The molecule has 0 aliphatic rings. The average Bonchev–Trinajstić information content (AvgIpc) is 2.87. The van der Waals surface area contributed by atoms with Gasteiger partial charge in [0.05, 0.1) is 5.69 Å². The number of halogens is 1. The van der Waals surface area contributed by atoms with Gasteiger partial charge in [-0.1, -0.05) is 55.8 Å². The molecule has 1 aromatic heterocycles. The SMILES string of the molecule is Cc1nn(CC(C)C)c(Cl)c1C(=O)OCC(=O)NCCc1ccccc1. The molecule has 0 aliphatic heterocycles. The van der Waals surface area contributed by atoms with E-state index in [-0.39, 0.29) is 23.2 Å². The molecule has 2 aromatic rings. The predicted octanol–water partition coefficient (Wildman–Crippen LogP) is 3.02. The van der Waals surface area contributed by atoms with Crippen molar-refractivity contribution in [1.29, 1.82) is 0 Å². The summed E-state index contributed by atoms with van der Waals surface area (Å²) in [6.45, 7) is 6.49. The Hall–Kier alpha value is -2.34. The Morgan fingerprint density at radius 2 is 1.96 bits per heavy atom. The Kier molecular flexibility index (Phi) is 7.21. The van der Waals surface area contributed by atoms with Gasteiger partial charge in [-0.25, -0.2) is 4.79 Å². The van der Waals surface area contributed by atoms with Gasteiger partial charge in [0, 0.05) is 13.1 Å². The van der Waals surface area contributed by atoms with Crippen LogP contribution in [-0.4, -0.2) is 34.8 Å². The molecule has 1 N–H and O–H groups in total. The third-order valence-electron chi connectivity index (χ3n) is 3.72. The Labute approximate surface area is 158 Å². The van der Waals surface area contributed by atoms with E-state index in [0.29, 0.717) is 31.1 Å². The molecule has 0 spiro atoms. The first-order chi connectivity index (χ1) is 12.4. The van der Waals surface area contributed by atoms with Crippen LogP contribution in [0.5, 0.6) is 0 Å². The molecule has 0 radical (unpaired) electrons. The van der Waals surface area contributed by atoms with Gasteiger partial charge in [-0.15, -0.1) is 0 Å². The van der Waals surface area contributed by atoms with Gasteiger partial charge in [-0.05, 0) is 24.8 Å². The predicted molar refractivity (Wildman–Crippen MR) is 100 cm³/mol. The second kappa shape index (κ2) is 9.38. The van der Waals surface area contributed by atoms with Gasteiger partial charge in [0.1, 0.15) is 10.7 Å². The molecule has 1 aromatic carbocycles. The fourth-order valence-electron chi connectivity index (χ4n) is 2.50. The third-order valence-corrected chi connectivity index (χ3v) is 4.10. The van der Waals surface area contributed by atoms with Gasteiger partial charge in [0.25, 0.3) is 5.91 Å². The monoisotopic (exact) mass is 377 g/mol. The van der Waals surface area contributed by atoms with Crippen LogP contribution in [0.1, 0.15) is 35.5 Å². The van der Waals surface area contributed by atoms with Gasteiger partial charge >= 0.3 is 5.97 Å². The van der Waals surface area contributed by atoms with Crippen molar-refractivity contribution >= 4 is 23.5 Å². The fourth-order valence-corrected chi connectivity index (χ4v) is 2.82. The second-order valence-electron chi connectivity index (χ2n) is 6.49. The zero-order valence-electron chi connectivity index (χ0n) is 15.3. The van der Waals surface area contributed by atoms with Gasteiger partial charge in [-0.2, -0.15) is 5.10 Å². The third kappa shape index (κ3) is 5.59. The van der Waals surface area contributed by atoms with Crippen LogP contribution in [0, 0.1) is 12.8 Å². The number of hydrogen-bond acceptors (Lipinski definition) is 4. The van der Waals surface area contributed by atoms with Crippen LogP contribution >= 0.6 is 11.6 Å². The van der Waals surface area contributed by atoms with Crippen molar-refractivity contribution in [3.63, 3.8) is 0 Å². The van der Waals surface area contributed by atoms with Gasteiger partial charge in [0.15, 0.2) is 6.61 Å². The van der Waals surface area contributed by atoms with Crippen molar-refractivity contribution in [2.24, 2.45) is 5.92 Å². The van der Waals surface area contributed by atoms with Crippen molar-refractivity contribution in [1.82, 2.24) is 15.1 Å². The number of carbonyl (C=O) groups excluding carboxylic acids is 2. The highest BCUT2D eigenvalue weighted by molar-refractivity contribution is 6.32. The van der Waals surface area contributed by atoms with Crippen LogP contribution in [0.2, 0.25) is 5.15 Å². The van der Waals surface area contributed by atoms with Crippen LogP contribution in [-0.2, 0) is 22.5 Å². The molecular formula is C19H24ClN3O3. The minimum atomic E-state index is -0.638. The van der Waals surface area contributed by atoms with E-state index >= 15 is 0 Å². The maximum atomic E-state index is 12.2. The number of amides is 1. The number of esters is 1. The molecule has 0 saturated heterocycles. The summed E-state index contributed by atoms with van der Waals surface area (Å²) in [5.41, 5.74) is 1.83. The number of aromatic nitrogens is 2. The summed E-state index contributed by atoms with van der Waals surface area (Å²) in [5, 5.41) is 7.23. The lowest BCUT2D eigenvalue weighted by molar-refractivity contribution is -0.124. The fraction of sp³-hybridized carbons (Fsp3) is 0.421. The second-order valence-corrected chi connectivity index (χ2v) is 6.85. The molecule has 2 rings (SSSR count). The minimum Gasteiger partial charge on any atom is -0.452 e. The maximum Gasteiger partial charge on any atom is 0.343 e. The van der Waals surface area contributed by atoms with Crippen molar-refractivity contribution in [3.05, 3.63) is 52.3 Å². The number of carbonyl (C=O) groups is 2. The van der Waals surface area contributed by atoms with Gasteiger partial charge < -0.3 is 10.1 Å². The molecular weight excluding hydrogens is 354 g/mol. The van der Waals surface area contributed by atoms with Crippen LogP contribution in [0.4, 0.5) is 0 Å². The Morgan fingerprint density at radius 1 is 1.27 bits per heavy atom. The molecule has 0 atom stereocenters. The number of aryl methyl sites for hydroxylation is 1. The molecule has 1 heterocycles. The lowest BCUT2D eigenvalue weighted by atomic mass is 10.1. The normalized spacial score (nSPS) is 10.8. The summed E-state index contributed by atoms with van der Waals surface area (Å²) < 4.78 is 6.67. The van der Waals surface area contributed by atoms with E-state index in [1.54, 1.807) is 11.6 Å². The number of benzene rings is 1. The molecule has 0 bridgehead atoms. The summed E-state index contributed by atoms with van der Waals surface area (Å²) in [6, 6.07) is 9.82. The lowest BCUT2D eigenvalue weighted by Crippen LogP contribution is -2.30. The zero-order valence-corrected chi connectivity index (χ0v) is 16.0. The topological polar surface area (TPSA) is 73.2 Å². The van der Waals surface area contributed by atoms with Crippen LogP contribution < -0.4 is 5.32 Å². The van der Waals surface area contributed by atoms with Gasteiger partial charge in [-0.3, -0.25) is 9.48 Å². The number of nitrogens with one attached hydrogen (secondary N) is 1. The molecule has 6 nitrogen and oxygen atoms in total. The average molecular weight is 378 g/mol. The number of hydrogen-bond donors (Lipinski definition) is 1. The molecule has 7 heteroatoms. The summed E-state index contributed by atoms with van der Waals surface area (Å²) in [4.78, 5) is 24.1. The molecule has 140 valence electrons. The number of ether oxygens (including phenoxy) is 1. The van der Waals surface area contributed by atoms with E-state index in [9.17, 15) is 9.59 Å². The first kappa shape index (κ1) is 20.0.